The number of furan rings is 1. The quantitative estimate of drug-likeness (QED) is 0.505. The van der Waals surface area contributed by atoms with Gasteiger partial charge in [0, 0.05) is 0 Å². The number of carboxylic acid groups (broad SMARTS) is 2. The Kier molecular flexibility index (Phi) is 5.27. The lowest BCUT2D eigenvalue weighted by Gasteiger charge is -2.12. The Bertz CT molecular complexity index is 509. The van der Waals surface area contributed by atoms with E-state index in [9.17, 15) is 19.2 Å². The van der Waals surface area contributed by atoms with E-state index < -0.39 is 42.8 Å². The molecule has 9 nitrogen and oxygen atoms in total. The molecule has 0 unspecified atom stereocenters. The molecule has 20 heavy (non-hydrogen) atoms. The monoisotopic (exact) mass is 284 g/mol. The predicted octanol–water partition coefficient (Wildman–Crippen LogP) is -0.946. The molecule has 0 aliphatic rings. The molecule has 0 aliphatic carbocycles. The third-order valence-corrected chi connectivity index (χ3v) is 2.17. The Morgan fingerprint density at radius 1 is 1.25 bits per heavy atom. The van der Waals surface area contributed by atoms with Crippen molar-refractivity contribution in [2.75, 3.05) is 6.54 Å². The highest BCUT2D eigenvalue weighted by molar-refractivity contribution is 5.95. The summed E-state index contributed by atoms with van der Waals surface area (Å²) < 4.78 is 4.78. The van der Waals surface area contributed by atoms with Crippen LogP contribution >= 0.6 is 0 Å². The molecule has 108 valence electrons. The SMILES string of the molecule is O=C(O)C[C@@H](NC(=O)CNC(=O)c1ccco1)C(=O)O. The number of hydrogen-bond acceptors (Lipinski definition) is 5. The summed E-state index contributed by atoms with van der Waals surface area (Å²) in [6.07, 6.45) is 0.523. The molecule has 1 rings (SSSR count). The van der Waals surface area contributed by atoms with Crippen LogP contribution in [0.2, 0.25) is 0 Å². The highest BCUT2D eigenvalue weighted by Gasteiger charge is 2.23. The Hall–Kier alpha value is -2.84. The van der Waals surface area contributed by atoms with Gasteiger partial charge in [0.2, 0.25) is 5.91 Å². The first-order valence-electron chi connectivity index (χ1n) is 5.46. The zero-order valence-electron chi connectivity index (χ0n) is 10.2. The fourth-order valence-corrected chi connectivity index (χ4v) is 1.28. The highest BCUT2D eigenvalue weighted by atomic mass is 16.4. The molecule has 9 heteroatoms. The fraction of sp³-hybridized carbons (Fsp3) is 0.273. The molecule has 1 heterocycles. The van der Waals surface area contributed by atoms with Crippen LogP contribution in [0, 0.1) is 0 Å². The standard InChI is InChI=1S/C11H12N2O7/c14-8(13-6(11(18)19)4-9(15)16)5-12-10(17)7-2-1-3-20-7/h1-3,6H,4-5H2,(H,12,17)(H,13,14)(H,15,16)(H,18,19)/t6-/m1/s1. The topological polar surface area (TPSA) is 146 Å². The lowest BCUT2D eigenvalue weighted by molar-refractivity contribution is -0.147. The fourth-order valence-electron chi connectivity index (χ4n) is 1.28. The largest absolute Gasteiger partial charge is 0.481 e. The van der Waals surface area contributed by atoms with Gasteiger partial charge in [0.25, 0.3) is 5.91 Å². The van der Waals surface area contributed by atoms with Crippen molar-refractivity contribution in [3.63, 3.8) is 0 Å². The van der Waals surface area contributed by atoms with Gasteiger partial charge in [-0.1, -0.05) is 0 Å². The van der Waals surface area contributed by atoms with Gasteiger partial charge in [0.05, 0.1) is 19.2 Å². The number of hydrogen-bond donors (Lipinski definition) is 4. The molecule has 0 saturated carbocycles. The van der Waals surface area contributed by atoms with Crippen LogP contribution in [0.25, 0.3) is 0 Å². The third kappa shape index (κ3) is 4.80. The highest BCUT2D eigenvalue weighted by Crippen LogP contribution is 1.98. The summed E-state index contributed by atoms with van der Waals surface area (Å²) in [7, 11) is 0. The van der Waals surface area contributed by atoms with E-state index in [0.29, 0.717) is 0 Å². The van der Waals surface area contributed by atoms with Crippen molar-refractivity contribution in [3.05, 3.63) is 24.2 Å². The van der Waals surface area contributed by atoms with Gasteiger partial charge in [-0.25, -0.2) is 4.79 Å². The van der Waals surface area contributed by atoms with Crippen LogP contribution < -0.4 is 10.6 Å². The molecule has 2 amide bonds. The maximum absolute atomic E-state index is 11.4. The van der Waals surface area contributed by atoms with Crippen molar-refractivity contribution in [2.45, 2.75) is 12.5 Å². The zero-order valence-corrected chi connectivity index (χ0v) is 10.2. The van der Waals surface area contributed by atoms with Crippen molar-refractivity contribution < 1.29 is 33.8 Å². The van der Waals surface area contributed by atoms with Crippen LogP contribution in [-0.4, -0.2) is 46.6 Å². The molecular weight excluding hydrogens is 272 g/mol. The molecule has 0 spiro atoms. The Morgan fingerprint density at radius 3 is 2.45 bits per heavy atom. The van der Waals surface area contributed by atoms with E-state index in [1.165, 1.54) is 18.4 Å². The summed E-state index contributed by atoms with van der Waals surface area (Å²) in [4.78, 5) is 43.9. The van der Waals surface area contributed by atoms with Gasteiger partial charge >= 0.3 is 11.9 Å². The summed E-state index contributed by atoms with van der Waals surface area (Å²) >= 11 is 0. The molecule has 0 bridgehead atoms. The van der Waals surface area contributed by atoms with E-state index in [4.69, 9.17) is 14.6 Å². The first kappa shape index (κ1) is 15.2. The molecular formula is C11H12N2O7. The maximum Gasteiger partial charge on any atom is 0.326 e. The number of amides is 2. The van der Waals surface area contributed by atoms with Crippen LogP contribution in [0.4, 0.5) is 0 Å². The molecule has 1 atom stereocenters. The lowest BCUT2D eigenvalue weighted by atomic mass is 10.2. The summed E-state index contributed by atoms with van der Waals surface area (Å²) in [6.45, 7) is -0.497. The summed E-state index contributed by atoms with van der Waals surface area (Å²) in [5.41, 5.74) is 0. The Labute approximate surface area is 112 Å². The number of carbonyl (C=O) groups is 4. The van der Waals surface area contributed by atoms with Crippen molar-refractivity contribution in [3.8, 4) is 0 Å². The molecule has 1 aromatic rings. The van der Waals surface area contributed by atoms with Gasteiger partial charge in [0.1, 0.15) is 6.04 Å². The predicted molar refractivity (Wildman–Crippen MR) is 62.9 cm³/mol. The number of nitrogens with one attached hydrogen (secondary N) is 2. The molecule has 4 N–H and O–H groups in total. The second-order valence-electron chi connectivity index (χ2n) is 3.72. The molecule has 0 fully saturated rings. The number of aliphatic carboxylic acids is 2. The Balaban J connectivity index is 2.44. The number of rotatable bonds is 7. The van der Waals surface area contributed by atoms with E-state index in [0.717, 1.165) is 0 Å². The average Bonchev–Trinajstić information content (AvgIpc) is 2.88. The van der Waals surface area contributed by atoms with Gasteiger partial charge in [0.15, 0.2) is 5.76 Å². The smallest absolute Gasteiger partial charge is 0.326 e. The first-order chi connectivity index (χ1) is 9.40. The number of carboxylic acids is 2. The minimum absolute atomic E-state index is 0.00174. The van der Waals surface area contributed by atoms with Crippen LogP contribution in [0.15, 0.2) is 22.8 Å². The lowest BCUT2D eigenvalue weighted by Crippen LogP contribution is -2.46. The normalized spacial score (nSPS) is 11.4. The second kappa shape index (κ2) is 6.92. The average molecular weight is 284 g/mol. The van der Waals surface area contributed by atoms with Crippen molar-refractivity contribution in [2.24, 2.45) is 0 Å². The number of carbonyl (C=O) groups excluding carboxylic acids is 2. The van der Waals surface area contributed by atoms with E-state index in [-0.39, 0.29) is 5.76 Å². The van der Waals surface area contributed by atoms with E-state index >= 15 is 0 Å². The van der Waals surface area contributed by atoms with Crippen LogP contribution in [0.3, 0.4) is 0 Å². The van der Waals surface area contributed by atoms with E-state index in [2.05, 4.69) is 5.32 Å². The first-order valence-corrected chi connectivity index (χ1v) is 5.46. The van der Waals surface area contributed by atoms with Crippen molar-refractivity contribution in [1.82, 2.24) is 10.6 Å². The zero-order chi connectivity index (χ0) is 15.1. The van der Waals surface area contributed by atoms with Crippen molar-refractivity contribution >= 4 is 23.8 Å². The maximum atomic E-state index is 11.4. The van der Waals surface area contributed by atoms with Crippen LogP contribution in [0.5, 0.6) is 0 Å². The van der Waals surface area contributed by atoms with Gasteiger partial charge in [-0.05, 0) is 12.1 Å². The molecule has 0 radical (unpaired) electrons. The van der Waals surface area contributed by atoms with Gasteiger partial charge in [-0.2, -0.15) is 0 Å². The molecule has 1 aromatic heterocycles. The third-order valence-electron chi connectivity index (χ3n) is 2.17. The molecule has 0 aliphatic heterocycles. The van der Waals surface area contributed by atoms with Crippen molar-refractivity contribution in [1.29, 1.82) is 0 Å². The van der Waals surface area contributed by atoms with Crippen LogP contribution in [0.1, 0.15) is 17.0 Å². The summed E-state index contributed by atoms with van der Waals surface area (Å²) in [6, 6.07) is 1.32. The van der Waals surface area contributed by atoms with Gasteiger partial charge in [-0.3, -0.25) is 14.4 Å². The van der Waals surface area contributed by atoms with Gasteiger partial charge < -0.3 is 25.3 Å². The summed E-state index contributed by atoms with van der Waals surface area (Å²) in [5.74, 6) is -4.30. The Morgan fingerprint density at radius 2 is 1.95 bits per heavy atom. The molecule has 0 aromatic carbocycles. The molecule has 0 saturated heterocycles. The minimum Gasteiger partial charge on any atom is -0.481 e. The summed E-state index contributed by atoms with van der Waals surface area (Å²) in [5, 5.41) is 21.4. The van der Waals surface area contributed by atoms with E-state index in [1.54, 1.807) is 0 Å². The van der Waals surface area contributed by atoms with Crippen LogP contribution in [-0.2, 0) is 14.4 Å². The minimum atomic E-state index is -1.56. The second-order valence-corrected chi connectivity index (χ2v) is 3.72. The van der Waals surface area contributed by atoms with E-state index in [1.807, 2.05) is 5.32 Å². The van der Waals surface area contributed by atoms with Gasteiger partial charge in [-0.15, -0.1) is 0 Å².